The van der Waals surface area contributed by atoms with Gasteiger partial charge in [-0.05, 0) is 32.1 Å². The van der Waals surface area contributed by atoms with Gasteiger partial charge in [-0.3, -0.25) is 4.79 Å². The Morgan fingerprint density at radius 3 is 2.80 bits per heavy atom. The topological polar surface area (TPSA) is 46.3 Å². The molecule has 3 nitrogen and oxygen atoms in total. The molecule has 0 saturated carbocycles. The maximum atomic E-state index is 11.9. The molecule has 0 bridgehead atoms. The molecule has 2 N–H and O–H groups in total. The summed E-state index contributed by atoms with van der Waals surface area (Å²) in [4.78, 5) is 13.9. The fraction of sp³-hybridized carbons (Fsp3) is 0.917. The third-order valence-electron chi connectivity index (χ3n) is 3.37. The molecule has 0 radical (unpaired) electrons. The average molecular weight is 212 g/mol. The summed E-state index contributed by atoms with van der Waals surface area (Å²) in [6.07, 6.45) is 4.62. The van der Waals surface area contributed by atoms with E-state index in [4.69, 9.17) is 5.73 Å². The van der Waals surface area contributed by atoms with Crippen LogP contribution >= 0.6 is 0 Å². The first-order valence-electron chi connectivity index (χ1n) is 6.14. The number of nitrogens with two attached hydrogens (primary N) is 1. The first-order chi connectivity index (χ1) is 7.07. The SMILES string of the molecule is CCCC1C(C)CCCN1C(=O)C(C)N. The van der Waals surface area contributed by atoms with Crippen molar-refractivity contribution in [2.75, 3.05) is 6.54 Å². The van der Waals surface area contributed by atoms with Crippen molar-refractivity contribution in [3.63, 3.8) is 0 Å². The fourth-order valence-corrected chi connectivity index (χ4v) is 2.52. The molecule has 15 heavy (non-hydrogen) atoms. The maximum absolute atomic E-state index is 11.9. The lowest BCUT2D eigenvalue weighted by atomic mass is 9.87. The lowest BCUT2D eigenvalue weighted by Crippen LogP contribution is -2.52. The van der Waals surface area contributed by atoms with Crippen LogP contribution in [-0.2, 0) is 4.79 Å². The molecule has 1 aliphatic heterocycles. The van der Waals surface area contributed by atoms with E-state index in [0.29, 0.717) is 12.0 Å². The van der Waals surface area contributed by atoms with Crippen molar-refractivity contribution >= 4 is 5.91 Å². The highest BCUT2D eigenvalue weighted by Crippen LogP contribution is 2.26. The summed E-state index contributed by atoms with van der Waals surface area (Å²) < 4.78 is 0. The van der Waals surface area contributed by atoms with E-state index in [9.17, 15) is 4.79 Å². The molecule has 3 atom stereocenters. The van der Waals surface area contributed by atoms with E-state index in [1.54, 1.807) is 6.92 Å². The predicted molar refractivity (Wildman–Crippen MR) is 62.5 cm³/mol. The van der Waals surface area contributed by atoms with Crippen molar-refractivity contribution in [1.29, 1.82) is 0 Å². The predicted octanol–water partition coefficient (Wildman–Crippen LogP) is 1.76. The highest BCUT2D eigenvalue weighted by Gasteiger charge is 2.31. The Morgan fingerprint density at radius 1 is 1.60 bits per heavy atom. The van der Waals surface area contributed by atoms with Gasteiger partial charge in [0.15, 0.2) is 0 Å². The number of likely N-dealkylation sites (tertiary alicyclic amines) is 1. The van der Waals surface area contributed by atoms with Gasteiger partial charge in [-0.1, -0.05) is 20.3 Å². The molecule has 0 aromatic carbocycles. The molecular formula is C12H24N2O. The largest absolute Gasteiger partial charge is 0.338 e. The van der Waals surface area contributed by atoms with E-state index in [1.807, 2.05) is 4.90 Å². The summed E-state index contributed by atoms with van der Waals surface area (Å²) in [5.41, 5.74) is 5.68. The Bertz CT molecular complexity index is 216. The minimum Gasteiger partial charge on any atom is -0.338 e. The molecule has 1 rings (SSSR count). The van der Waals surface area contributed by atoms with Crippen LogP contribution in [0, 0.1) is 5.92 Å². The zero-order valence-electron chi connectivity index (χ0n) is 10.2. The molecule has 1 aliphatic rings. The Labute approximate surface area is 93.0 Å². The summed E-state index contributed by atoms with van der Waals surface area (Å²) in [6, 6.07) is 0.0666. The highest BCUT2D eigenvalue weighted by atomic mass is 16.2. The standard InChI is InChI=1S/C12H24N2O/c1-4-6-11-9(2)7-5-8-14(11)12(15)10(3)13/h9-11H,4-8,13H2,1-3H3. The third kappa shape index (κ3) is 2.94. The Kier molecular flexibility index (Phi) is 4.58. The number of amides is 1. The van der Waals surface area contributed by atoms with Crippen molar-refractivity contribution in [1.82, 2.24) is 4.90 Å². The molecule has 88 valence electrons. The lowest BCUT2D eigenvalue weighted by Gasteiger charge is -2.41. The molecule has 3 unspecified atom stereocenters. The third-order valence-corrected chi connectivity index (χ3v) is 3.37. The van der Waals surface area contributed by atoms with Crippen LogP contribution in [0.5, 0.6) is 0 Å². The second-order valence-corrected chi connectivity index (χ2v) is 4.80. The molecule has 1 heterocycles. The van der Waals surface area contributed by atoms with E-state index in [2.05, 4.69) is 13.8 Å². The minimum atomic E-state index is -0.352. The zero-order valence-corrected chi connectivity index (χ0v) is 10.2. The van der Waals surface area contributed by atoms with Gasteiger partial charge in [0.2, 0.25) is 5.91 Å². The van der Waals surface area contributed by atoms with E-state index < -0.39 is 0 Å². The van der Waals surface area contributed by atoms with Crippen molar-refractivity contribution in [2.24, 2.45) is 11.7 Å². The van der Waals surface area contributed by atoms with Crippen LogP contribution in [0.2, 0.25) is 0 Å². The normalized spacial score (nSPS) is 28.9. The molecule has 1 amide bonds. The fourth-order valence-electron chi connectivity index (χ4n) is 2.52. The zero-order chi connectivity index (χ0) is 11.4. The number of carbonyl (C=O) groups is 1. The quantitative estimate of drug-likeness (QED) is 0.775. The second-order valence-electron chi connectivity index (χ2n) is 4.80. The molecule has 1 fully saturated rings. The van der Waals surface area contributed by atoms with Gasteiger partial charge < -0.3 is 10.6 Å². The molecule has 0 aromatic rings. The van der Waals surface area contributed by atoms with Crippen molar-refractivity contribution in [3.05, 3.63) is 0 Å². The Hall–Kier alpha value is -0.570. The van der Waals surface area contributed by atoms with E-state index in [-0.39, 0.29) is 11.9 Å². The first kappa shape index (κ1) is 12.5. The summed E-state index contributed by atoms with van der Waals surface area (Å²) >= 11 is 0. The van der Waals surface area contributed by atoms with Crippen LogP contribution in [-0.4, -0.2) is 29.4 Å². The molecule has 0 aliphatic carbocycles. The smallest absolute Gasteiger partial charge is 0.239 e. The summed E-state index contributed by atoms with van der Waals surface area (Å²) in [6.45, 7) is 7.11. The maximum Gasteiger partial charge on any atom is 0.239 e. The van der Waals surface area contributed by atoms with Gasteiger partial charge in [0.05, 0.1) is 6.04 Å². The van der Waals surface area contributed by atoms with Crippen LogP contribution in [0.25, 0.3) is 0 Å². The molecule has 0 aromatic heterocycles. The van der Waals surface area contributed by atoms with Gasteiger partial charge in [0.1, 0.15) is 0 Å². The Morgan fingerprint density at radius 2 is 2.27 bits per heavy atom. The summed E-state index contributed by atoms with van der Waals surface area (Å²) in [7, 11) is 0. The number of hydrogen-bond acceptors (Lipinski definition) is 2. The molecule has 1 saturated heterocycles. The second kappa shape index (κ2) is 5.50. The van der Waals surface area contributed by atoms with Crippen molar-refractivity contribution in [2.45, 2.75) is 58.5 Å². The number of hydrogen-bond donors (Lipinski definition) is 1. The van der Waals surface area contributed by atoms with Gasteiger partial charge >= 0.3 is 0 Å². The minimum absolute atomic E-state index is 0.125. The van der Waals surface area contributed by atoms with Gasteiger partial charge in [-0.2, -0.15) is 0 Å². The summed E-state index contributed by atoms with van der Waals surface area (Å²) in [5, 5.41) is 0. The van der Waals surface area contributed by atoms with E-state index >= 15 is 0 Å². The van der Waals surface area contributed by atoms with Crippen molar-refractivity contribution < 1.29 is 4.79 Å². The van der Waals surface area contributed by atoms with Crippen LogP contribution < -0.4 is 5.73 Å². The van der Waals surface area contributed by atoms with Crippen LogP contribution in [0.4, 0.5) is 0 Å². The van der Waals surface area contributed by atoms with E-state index in [1.165, 1.54) is 6.42 Å². The van der Waals surface area contributed by atoms with Crippen LogP contribution in [0.1, 0.15) is 46.5 Å². The van der Waals surface area contributed by atoms with Crippen molar-refractivity contribution in [3.8, 4) is 0 Å². The van der Waals surface area contributed by atoms with Crippen LogP contribution in [0.15, 0.2) is 0 Å². The monoisotopic (exact) mass is 212 g/mol. The highest BCUT2D eigenvalue weighted by molar-refractivity contribution is 5.81. The number of rotatable bonds is 3. The summed E-state index contributed by atoms with van der Waals surface area (Å²) in [5.74, 6) is 0.751. The van der Waals surface area contributed by atoms with E-state index in [0.717, 1.165) is 25.8 Å². The van der Waals surface area contributed by atoms with Gasteiger partial charge in [0.25, 0.3) is 0 Å². The lowest BCUT2D eigenvalue weighted by molar-refractivity contribution is -0.137. The first-order valence-corrected chi connectivity index (χ1v) is 6.14. The van der Waals surface area contributed by atoms with Gasteiger partial charge in [-0.15, -0.1) is 0 Å². The van der Waals surface area contributed by atoms with Crippen LogP contribution in [0.3, 0.4) is 0 Å². The van der Waals surface area contributed by atoms with Gasteiger partial charge in [-0.25, -0.2) is 0 Å². The average Bonchev–Trinajstić information content (AvgIpc) is 2.20. The number of piperidine rings is 1. The molecule has 0 spiro atoms. The number of carbonyl (C=O) groups excluding carboxylic acids is 1. The number of nitrogens with zero attached hydrogens (tertiary/aromatic N) is 1. The molecule has 3 heteroatoms. The molecular weight excluding hydrogens is 188 g/mol. The van der Waals surface area contributed by atoms with Gasteiger partial charge in [0, 0.05) is 12.6 Å². The Balaban J connectivity index is 2.70.